The summed E-state index contributed by atoms with van der Waals surface area (Å²) >= 11 is 1.85. The minimum atomic E-state index is 0.319. The van der Waals surface area contributed by atoms with Gasteiger partial charge in [0.1, 0.15) is 0 Å². The molecule has 1 atom stereocenters. The zero-order chi connectivity index (χ0) is 16.6. The van der Waals surface area contributed by atoms with Crippen molar-refractivity contribution in [2.24, 2.45) is 0 Å². The van der Waals surface area contributed by atoms with Crippen molar-refractivity contribution in [2.75, 3.05) is 0 Å². The zero-order valence-electron chi connectivity index (χ0n) is 15.4. The number of carbonyl (C=O) groups excluding carboxylic acids is 1. The highest BCUT2D eigenvalue weighted by atomic mass is 32.2. The van der Waals surface area contributed by atoms with Crippen LogP contribution in [0.4, 0.5) is 0 Å². The molecule has 2 heteroatoms. The molecule has 1 unspecified atom stereocenters. The maximum Gasteiger partial charge on any atom is 0.157 e. The molecule has 0 aromatic carbocycles. The highest BCUT2D eigenvalue weighted by Gasteiger charge is 2.15. The fourth-order valence-corrected chi connectivity index (χ4v) is 4.32. The lowest BCUT2D eigenvalue weighted by molar-refractivity contribution is -0.114. The molecule has 1 nitrogen and oxygen atoms in total. The van der Waals surface area contributed by atoms with Crippen LogP contribution in [0.15, 0.2) is 11.5 Å². The van der Waals surface area contributed by atoms with Gasteiger partial charge in [0, 0.05) is 11.7 Å². The van der Waals surface area contributed by atoms with Gasteiger partial charge in [0.25, 0.3) is 0 Å². The lowest BCUT2D eigenvalue weighted by atomic mass is 10.0. The molecule has 0 fully saturated rings. The maximum atomic E-state index is 11.3. The minimum absolute atomic E-state index is 0.319. The Balaban J connectivity index is 1.73. The van der Waals surface area contributed by atoms with Gasteiger partial charge in [-0.3, -0.25) is 4.79 Å². The number of unbranched alkanes of at least 4 members (excludes halogenated alkanes) is 13. The van der Waals surface area contributed by atoms with Gasteiger partial charge in [-0.15, -0.1) is 11.8 Å². The highest BCUT2D eigenvalue weighted by Crippen LogP contribution is 2.26. The Morgan fingerprint density at radius 1 is 0.826 bits per heavy atom. The largest absolute Gasteiger partial charge is 0.295 e. The van der Waals surface area contributed by atoms with E-state index in [0.717, 1.165) is 6.42 Å². The fourth-order valence-electron chi connectivity index (χ4n) is 3.30. The molecular formula is C21H38OS. The summed E-state index contributed by atoms with van der Waals surface area (Å²) in [5, 5.41) is 2.55. The Labute approximate surface area is 149 Å². The summed E-state index contributed by atoms with van der Waals surface area (Å²) in [6, 6.07) is 0. The van der Waals surface area contributed by atoms with E-state index in [9.17, 15) is 4.79 Å². The Kier molecular flexibility index (Phi) is 13.8. The molecule has 0 saturated carbocycles. The van der Waals surface area contributed by atoms with Crippen molar-refractivity contribution < 1.29 is 4.79 Å². The summed E-state index contributed by atoms with van der Waals surface area (Å²) in [7, 11) is 0. The van der Waals surface area contributed by atoms with Gasteiger partial charge >= 0.3 is 0 Å². The second-order valence-corrected chi connectivity index (χ2v) is 8.33. The van der Waals surface area contributed by atoms with Crippen molar-refractivity contribution in [1.29, 1.82) is 0 Å². The van der Waals surface area contributed by atoms with E-state index in [0.29, 0.717) is 11.0 Å². The number of carbonyl (C=O) groups is 1. The molecule has 0 N–H and O–H groups in total. The number of hydrogen-bond donors (Lipinski definition) is 0. The SMILES string of the molecule is CCCCCCCCCCCCCCCCC1CC(=O)C=CS1. The molecule has 0 radical (unpaired) electrons. The molecule has 23 heavy (non-hydrogen) atoms. The summed E-state index contributed by atoms with van der Waals surface area (Å²) in [5.41, 5.74) is 0. The average Bonchev–Trinajstić information content (AvgIpc) is 2.55. The number of ketones is 1. The van der Waals surface area contributed by atoms with Gasteiger partial charge in [0.05, 0.1) is 0 Å². The van der Waals surface area contributed by atoms with E-state index in [2.05, 4.69) is 6.92 Å². The Morgan fingerprint density at radius 3 is 1.78 bits per heavy atom. The van der Waals surface area contributed by atoms with E-state index >= 15 is 0 Å². The molecule has 1 rings (SSSR count). The first-order valence-electron chi connectivity index (χ1n) is 10.2. The number of thioether (sulfide) groups is 1. The quantitative estimate of drug-likeness (QED) is 0.288. The number of rotatable bonds is 15. The zero-order valence-corrected chi connectivity index (χ0v) is 16.2. The molecule has 0 aromatic rings. The van der Waals surface area contributed by atoms with Gasteiger partial charge in [0.15, 0.2) is 5.78 Å². The van der Waals surface area contributed by atoms with Crippen LogP contribution in [0.2, 0.25) is 0 Å². The van der Waals surface area contributed by atoms with Crippen LogP contribution in [0.3, 0.4) is 0 Å². The molecule has 0 saturated heterocycles. The van der Waals surface area contributed by atoms with Crippen molar-refractivity contribution in [1.82, 2.24) is 0 Å². The molecule has 0 aromatic heterocycles. The lowest BCUT2D eigenvalue weighted by Crippen LogP contribution is -2.11. The summed E-state index contributed by atoms with van der Waals surface area (Å²) in [6.45, 7) is 2.28. The molecule has 0 spiro atoms. The van der Waals surface area contributed by atoms with Gasteiger partial charge in [0.2, 0.25) is 0 Å². The first kappa shape index (κ1) is 20.8. The summed E-state index contributed by atoms with van der Waals surface area (Å²) in [5.74, 6) is 0.319. The standard InChI is InChI=1S/C21H38OS/c1-2-3-4-5-6-7-8-9-10-11-12-13-14-15-16-21-19-20(22)17-18-23-21/h17-18,21H,2-16,19H2,1H3. The van der Waals surface area contributed by atoms with Crippen LogP contribution >= 0.6 is 11.8 Å². The van der Waals surface area contributed by atoms with Crippen molar-refractivity contribution in [3.63, 3.8) is 0 Å². The lowest BCUT2D eigenvalue weighted by Gasteiger charge is -2.15. The normalized spacial score (nSPS) is 17.8. The molecule has 1 aliphatic rings. The van der Waals surface area contributed by atoms with Crippen LogP contribution in [0.5, 0.6) is 0 Å². The molecular weight excluding hydrogens is 300 g/mol. The maximum absolute atomic E-state index is 11.3. The fraction of sp³-hybridized carbons (Fsp3) is 0.857. The van der Waals surface area contributed by atoms with Crippen LogP contribution in [0, 0.1) is 0 Å². The van der Waals surface area contributed by atoms with E-state index in [1.165, 1.54) is 96.3 Å². The summed E-state index contributed by atoms with van der Waals surface area (Å²) in [4.78, 5) is 11.3. The van der Waals surface area contributed by atoms with E-state index in [1.54, 1.807) is 6.08 Å². The smallest absolute Gasteiger partial charge is 0.157 e. The third-order valence-electron chi connectivity index (χ3n) is 4.83. The first-order chi connectivity index (χ1) is 11.3. The molecule has 1 aliphatic heterocycles. The Morgan fingerprint density at radius 2 is 1.30 bits per heavy atom. The Bertz CT molecular complexity index is 311. The van der Waals surface area contributed by atoms with Gasteiger partial charge in [-0.1, -0.05) is 96.8 Å². The summed E-state index contributed by atoms with van der Waals surface area (Å²) in [6.07, 6.45) is 23.5. The predicted molar refractivity (Wildman–Crippen MR) is 105 cm³/mol. The third kappa shape index (κ3) is 12.8. The predicted octanol–water partition coefficient (Wildman–Crippen LogP) is 7.45. The van der Waals surface area contributed by atoms with Crippen LogP contribution in [0.1, 0.15) is 110 Å². The van der Waals surface area contributed by atoms with E-state index in [-0.39, 0.29) is 0 Å². The van der Waals surface area contributed by atoms with E-state index < -0.39 is 0 Å². The van der Waals surface area contributed by atoms with Crippen LogP contribution in [-0.2, 0) is 4.79 Å². The van der Waals surface area contributed by atoms with Crippen molar-refractivity contribution in [2.45, 2.75) is 115 Å². The van der Waals surface area contributed by atoms with Crippen LogP contribution < -0.4 is 0 Å². The molecule has 0 bridgehead atoms. The van der Waals surface area contributed by atoms with Gasteiger partial charge < -0.3 is 0 Å². The van der Waals surface area contributed by atoms with E-state index in [4.69, 9.17) is 0 Å². The second-order valence-electron chi connectivity index (χ2n) is 7.12. The van der Waals surface area contributed by atoms with Gasteiger partial charge in [-0.2, -0.15) is 0 Å². The van der Waals surface area contributed by atoms with Crippen LogP contribution in [-0.4, -0.2) is 11.0 Å². The second kappa shape index (κ2) is 15.3. The van der Waals surface area contributed by atoms with Crippen molar-refractivity contribution in [3.8, 4) is 0 Å². The van der Waals surface area contributed by atoms with Crippen molar-refractivity contribution in [3.05, 3.63) is 11.5 Å². The topological polar surface area (TPSA) is 17.1 Å². The minimum Gasteiger partial charge on any atom is -0.295 e. The van der Waals surface area contributed by atoms with Gasteiger partial charge in [-0.25, -0.2) is 0 Å². The number of allylic oxidation sites excluding steroid dienone is 1. The van der Waals surface area contributed by atoms with Gasteiger partial charge in [-0.05, 0) is 17.9 Å². The molecule has 134 valence electrons. The molecule has 1 heterocycles. The van der Waals surface area contributed by atoms with E-state index in [1.807, 2.05) is 17.2 Å². The van der Waals surface area contributed by atoms with Crippen LogP contribution in [0.25, 0.3) is 0 Å². The average molecular weight is 339 g/mol. The van der Waals surface area contributed by atoms with Crippen molar-refractivity contribution >= 4 is 17.5 Å². The highest BCUT2D eigenvalue weighted by molar-refractivity contribution is 8.02. The Hall–Kier alpha value is -0.240. The first-order valence-corrected chi connectivity index (χ1v) is 11.1. The monoisotopic (exact) mass is 338 g/mol. The molecule has 0 aliphatic carbocycles. The third-order valence-corrected chi connectivity index (χ3v) is 5.91. The molecule has 0 amide bonds. The number of hydrogen-bond acceptors (Lipinski definition) is 2. The summed E-state index contributed by atoms with van der Waals surface area (Å²) < 4.78 is 0.